The first-order valence-corrected chi connectivity index (χ1v) is 9.08. The van der Waals surface area contributed by atoms with Crippen LogP contribution in [0.1, 0.15) is 44.6 Å². The van der Waals surface area contributed by atoms with Crippen molar-refractivity contribution in [3.05, 3.63) is 29.8 Å². The van der Waals surface area contributed by atoms with Crippen LogP contribution in [-0.2, 0) is 6.54 Å². The smallest absolute Gasteiger partial charge is 0.188 e. The molecule has 0 amide bonds. The van der Waals surface area contributed by atoms with Gasteiger partial charge in [-0.2, -0.15) is 0 Å². The van der Waals surface area contributed by atoms with Crippen LogP contribution in [0.15, 0.2) is 29.3 Å². The minimum Gasteiger partial charge on any atom is -0.372 e. The Morgan fingerprint density at radius 2 is 1.83 bits per heavy atom. The largest absolute Gasteiger partial charge is 0.372 e. The first kappa shape index (κ1) is 19.3. The van der Waals surface area contributed by atoms with Crippen molar-refractivity contribution in [1.82, 2.24) is 5.32 Å². The van der Waals surface area contributed by atoms with Gasteiger partial charge >= 0.3 is 0 Å². The third-order valence-corrected chi connectivity index (χ3v) is 5.31. The molecule has 0 spiro atoms. The fourth-order valence-electron chi connectivity index (χ4n) is 3.26. The summed E-state index contributed by atoms with van der Waals surface area (Å²) in [6.07, 6.45) is 6.63. The number of benzene rings is 1. The van der Waals surface area contributed by atoms with Crippen molar-refractivity contribution >= 4 is 35.6 Å². The SMILES string of the molecule is CC1CCN(c2ccc(CN=C(N)NCC3CCC3)cc2)CC1.I. The van der Waals surface area contributed by atoms with E-state index in [-0.39, 0.29) is 24.0 Å². The summed E-state index contributed by atoms with van der Waals surface area (Å²) < 4.78 is 0. The molecule has 1 aromatic carbocycles. The van der Waals surface area contributed by atoms with E-state index in [4.69, 9.17) is 5.73 Å². The van der Waals surface area contributed by atoms with Crippen LogP contribution in [-0.4, -0.2) is 25.6 Å². The maximum absolute atomic E-state index is 5.94. The Bertz CT molecular complexity index is 517. The number of nitrogens with zero attached hydrogens (tertiary/aromatic N) is 2. The summed E-state index contributed by atoms with van der Waals surface area (Å²) in [5, 5.41) is 3.24. The van der Waals surface area contributed by atoms with Gasteiger partial charge in [0.1, 0.15) is 0 Å². The number of hydrogen-bond donors (Lipinski definition) is 2. The molecule has 1 saturated heterocycles. The first-order valence-electron chi connectivity index (χ1n) is 9.08. The van der Waals surface area contributed by atoms with E-state index >= 15 is 0 Å². The second-order valence-electron chi connectivity index (χ2n) is 7.22. The molecule has 0 unspecified atom stereocenters. The molecule has 0 atom stereocenters. The normalized spacial score (nSPS) is 19.5. The summed E-state index contributed by atoms with van der Waals surface area (Å²) >= 11 is 0. The minimum atomic E-state index is 0. The van der Waals surface area contributed by atoms with Crippen molar-refractivity contribution in [3.63, 3.8) is 0 Å². The Labute approximate surface area is 163 Å². The van der Waals surface area contributed by atoms with Crippen molar-refractivity contribution in [1.29, 1.82) is 0 Å². The molecule has 1 aliphatic heterocycles. The van der Waals surface area contributed by atoms with Crippen LogP contribution in [0, 0.1) is 11.8 Å². The molecule has 24 heavy (non-hydrogen) atoms. The molecule has 2 aliphatic rings. The van der Waals surface area contributed by atoms with Gasteiger partial charge in [-0.05, 0) is 55.2 Å². The lowest BCUT2D eigenvalue weighted by Gasteiger charge is -2.32. The summed E-state index contributed by atoms with van der Waals surface area (Å²) in [5.74, 6) is 2.25. The number of halogens is 1. The molecule has 1 aromatic rings. The summed E-state index contributed by atoms with van der Waals surface area (Å²) in [7, 11) is 0. The number of anilines is 1. The predicted octanol–water partition coefficient (Wildman–Crippen LogP) is 3.75. The fraction of sp³-hybridized carbons (Fsp3) is 0.632. The average Bonchev–Trinajstić information content (AvgIpc) is 2.53. The lowest BCUT2D eigenvalue weighted by atomic mass is 9.85. The van der Waals surface area contributed by atoms with Gasteiger partial charge < -0.3 is 16.0 Å². The van der Waals surface area contributed by atoms with Crippen molar-refractivity contribution in [2.24, 2.45) is 22.6 Å². The molecule has 134 valence electrons. The monoisotopic (exact) mass is 442 g/mol. The van der Waals surface area contributed by atoms with E-state index in [1.807, 2.05) is 0 Å². The maximum Gasteiger partial charge on any atom is 0.188 e. The summed E-state index contributed by atoms with van der Waals surface area (Å²) in [6, 6.07) is 8.80. The second-order valence-corrected chi connectivity index (χ2v) is 7.22. The van der Waals surface area contributed by atoms with E-state index in [1.165, 1.54) is 56.4 Å². The van der Waals surface area contributed by atoms with Gasteiger partial charge in [0.25, 0.3) is 0 Å². The van der Waals surface area contributed by atoms with Crippen LogP contribution in [0.25, 0.3) is 0 Å². The number of nitrogens with one attached hydrogen (secondary N) is 1. The quantitative estimate of drug-likeness (QED) is 0.415. The van der Waals surface area contributed by atoms with Gasteiger partial charge in [-0.25, -0.2) is 4.99 Å². The molecule has 1 aliphatic carbocycles. The summed E-state index contributed by atoms with van der Waals surface area (Å²) in [4.78, 5) is 6.93. The molecule has 0 radical (unpaired) electrons. The van der Waals surface area contributed by atoms with Gasteiger partial charge in [0.05, 0.1) is 6.54 Å². The van der Waals surface area contributed by atoms with Crippen molar-refractivity contribution in [3.8, 4) is 0 Å². The lowest BCUT2D eigenvalue weighted by molar-refractivity contribution is 0.315. The van der Waals surface area contributed by atoms with E-state index < -0.39 is 0 Å². The highest BCUT2D eigenvalue weighted by molar-refractivity contribution is 14.0. The van der Waals surface area contributed by atoms with Crippen LogP contribution < -0.4 is 16.0 Å². The third kappa shape index (κ3) is 5.53. The molecule has 5 heteroatoms. The molecule has 0 bridgehead atoms. The number of rotatable bonds is 5. The Hall–Kier alpha value is -0.980. The van der Waals surface area contributed by atoms with Crippen LogP contribution in [0.3, 0.4) is 0 Å². The van der Waals surface area contributed by atoms with E-state index in [0.29, 0.717) is 12.5 Å². The molecule has 3 rings (SSSR count). The van der Waals surface area contributed by atoms with Crippen molar-refractivity contribution in [2.75, 3.05) is 24.5 Å². The molecule has 0 aromatic heterocycles. The number of guanidine groups is 1. The maximum atomic E-state index is 5.94. The standard InChI is InChI=1S/C19H30N4.HI/c1-15-9-11-23(12-10-15)18-7-5-17(6-8-18)14-22-19(20)21-13-16-3-2-4-16;/h5-8,15-16H,2-4,9-14H2,1H3,(H3,20,21,22);1H. The third-order valence-electron chi connectivity index (χ3n) is 5.31. The van der Waals surface area contributed by atoms with E-state index in [2.05, 4.69) is 46.4 Å². The highest BCUT2D eigenvalue weighted by Gasteiger charge is 2.17. The number of nitrogens with two attached hydrogens (primary N) is 1. The zero-order valence-corrected chi connectivity index (χ0v) is 17.0. The molecular formula is C19H31IN4. The highest BCUT2D eigenvalue weighted by Crippen LogP contribution is 2.25. The predicted molar refractivity (Wildman–Crippen MR) is 113 cm³/mol. The number of hydrogen-bond acceptors (Lipinski definition) is 2. The van der Waals surface area contributed by atoms with Crippen LogP contribution in [0.5, 0.6) is 0 Å². The average molecular weight is 442 g/mol. The zero-order valence-electron chi connectivity index (χ0n) is 14.7. The molecule has 2 fully saturated rings. The summed E-state index contributed by atoms with van der Waals surface area (Å²) in [5.41, 5.74) is 8.49. The van der Waals surface area contributed by atoms with Gasteiger partial charge in [-0.3, -0.25) is 0 Å². The molecule has 3 N–H and O–H groups in total. The summed E-state index contributed by atoms with van der Waals surface area (Å²) in [6.45, 7) is 6.33. The van der Waals surface area contributed by atoms with Gasteiger partial charge in [-0.1, -0.05) is 25.5 Å². The molecular weight excluding hydrogens is 411 g/mol. The number of aliphatic imine (C=N–C) groups is 1. The van der Waals surface area contributed by atoms with Gasteiger partial charge in [-0.15, -0.1) is 24.0 Å². The second kappa shape index (κ2) is 9.49. The van der Waals surface area contributed by atoms with E-state index in [0.717, 1.165) is 18.4 Å². The minimum absolute atomic E-state index is 0. The number of piperidine rings is 1. The van der Waals surface area contributed by atoms with Crippen molar-refractivity contribution in [2.45, 2.75) is 45.6 Å². The zero-order chi connectivity index (χ0) is 16.1. The Morgan fingerprint density at radius 3 is 2.42 bits per heavy atom. The van der Waals surface area contributed by atoms with Crippen molar-refractivity contribution < 1.29 is 0 Å². The van der Waals surface area contributed by atoms with E-state index in [9.17, 15) is 0 Å². The Kier molecular flexibility index (Phi) is 7.65. The molecule has 4 nitrogen and oxygen atoms in total. The Balaban J connectivity index is 0.00000208. The van der Waals surface area contributed by atoms with Gasteiger partial charge in [0, 0.05) is 25.3 Å². The van der Waals surface area contributed by atoms with Gasteiger partial charge in [0.15, 0.2) is 5.96 Å². The lowest BCUT2D eigenvalue weighted by Crippen LogP contribution is -2.37. The topological polar surface area (TPSA) is 53.6 Å². The first-order chi connectivity index (χ1) is 11.2. The fourth-order valence-corrected chi connectivity index (χ4v) is 3.26. The van der Waals surface area contributed by atoms with E-state index in [1.54, 1.807) is 0 Å². The molecule has 1 saturated carbocycles. The highest BCUT2D eigenvalue weighted by atomic mass is 127. The molecule has 1 heterocycles. The van der Waals surface area contributed by atoms with Crippen LogP contribution in [0.4, 0.5) is 5.69 Å². The van der Waals surface area contributed by atoms with Crippen LogP contribution >= 0.6 is 24.0 Å². The Morgan fingerprint density at radius 1 is 1.17 bits per heavy atom. The van der Waals surface area contributed by atoms with Gasteiger partial charge in [0.2, 0.25) is 0 Å². The van der Waals surface area contributed by atoms with Crippen LogP contribution in [0.2, 0.25) is 0 Å².